The second-order valence-corrected chi connectivity index (χ2v) is 5.48. The van der Waals surface area contributed by atoms with Crippen LogP contribution in [0.2, 0.25) is 0 Å². The Morgan fingerprint density at radius 2 is 2.00 bits per heavy atom. The van der Waals surface area contributed by atoms with Crippen LogP contribution in [0.5, 0.6) is 0 Å². The van der Waals surface area contributed by atoms with E-state index in [2.05, 4.69) is 0 Å². The van der Waals surface area contributed by atoms with Crippen molar-refractivity contribution in [3.05, 3.63) is 51.9 Å². The van der Waals surface area contributed by atoms with Gasteiger partial charge in [0.1, 0.15) is 0 Å². The number of rotatable bonds is 6. The van der Waals surface area contributed by atoms with Crippen LogP contribution in [-0.4, -0.2) is 21.9 Å². The Balaban J connectivity index is 2.58. The predicted octanol–water partition coefficient (Wildman–Crippen LogP) is 2.43. The number of para-hydroxylation sites is 1. The van der Waals surface area contributed by atoms with Crippen molar-refractivity contribution in [2.24, 2.45) is 7.05 Å². The number of benzene rings is 1. The molecule has 2 aromatic rings. The molecule has 6 nitrogen and oxygen atoms in total. The zero-order valence-corrected chi connectivity index (χ0v) is 14.2. The molecule has 24 heavy (non-hydrogen) atoms. The number of hydrogen-bond donors (Lipinski definition) is 0. The van der Waals surface area contributed by atoms with Crippen molar-refractivity contribution in [1.29, 1.82) is 5.26 Å². The van der Waals surface area contributed by atoms with Gasteiger partial charge in [-0.05, 0) is 32.4 Å². The Kier molecular flexibility index (Phi) is 5.59. The zero-order valence-electron chi connectivity index (χ0n) is 14.2. The van der Waals surface area contributed by atoms with Crippen LogP contribution < -0.4 is 5.56 Å². The average molecular weight is 327 g/mol. The van der Waals surface area contributed by atoms with Gasteiger partial charge in [-0.25, -0.2) is 4.68 Å². The van der Waals surface area contributed by atoms with Gasteiger partial charge in [0.15, 0.2) is 0 Å². The molecule has 0 amide bonds. The Morgan fingerprint density at radius 3 is 2.58 bits per heavy atom. The summed E-state index contributed by atoms with van der Waals surface area (Å²) in [6, 6.07) is 11.3. The van der Waals surface area contributed by atoms with E-state index in [1.54, 1.807) is 25.6 Å². The maximum atomic E-state index is 13.0. The first kappa shape index (κ1) is 17.5. The fourth-order valence-corrected chi connectivity index (χ4v) is 2.82. The molecule has 0 fully saturated rings. The minimum atomic E-state index is -0.728. The van der Waals surface area contributed by atoms with Crippen LogP contribution in [0.3, 0.4) is 0 Å². The highest BCUT2D eigenvalue weighted by molar-refractivity contribution is 5.78. The summed E-state index contributed by atoms with van der Waals surface area (Å²) in [7, 11) is 1.78. The molecule has 0 radical (unpaired) electrons. The highest BCUT2D eigenvalue weighted by Crippen LogP contribution is 2.24. The van der Waals surface area contributed by atoms with Crippen molar-refractivity contribution in [1.82, 2.24) is 9.36 Å². The summed E-state index contributed by atoms with van der Waals surface area (Å²) >= 11 is 0. The van der Waals surface area contributed by atoms with E-state index in [0.717, 1.165) is 5.69 Å². The fraction of sp³-hybridized carbons (Fsp3) is 0.389. The molecule has 0 bridgehead atoms. The van der Waals surface area contributed by atoms with Crippen molar-refractivity contribution in [3.63, 3.8) is 0 Å². The molecule has 6 heteroatoms. The summed E-state index contributed by atoms with van der Waals surface area (Å²) in [5.74, 6) is -1.19. The van der Waals surface area contributed by atoms with Crippen LogP contribution >= 0.6 is 0 Å². The van der Waals surface area contributed by atoms with E-state index in [9.17, 15) is 9.59 Å². The van der Waals surface area contributed by atoms with Gasteiger partial charge in [0.2, 0.25) is 0 Å². The lowest BCUT2D eigenvalue weighted by molar-refractivity contribution is -0.145. The number of hydrogen-bond acceptors (Lipinski definition) is 4. The third-order valence-electron chi connectivity index (χ3n) is 4.06. The van der Waals surface area contributed by atoms with Crippen molar-refractivity contribution in [3.8, 4) is 11.8 Å². The average Bonchev–Trinajstić information content (AvgIpc) is 2.80. The lowest BCUT2D eigenvalue weighted by atomic mass is 9.95. The van der Waals surface area contributed by atoms with Crippen LogP contribution in [0.25, 0.3) is 5.69 Å². The number of nitrogens with zero attached hydrogens (tertiary/aromatic N) is 3. The molecule has 0 aliphatic heterocycles. The minimum Gasteiger partial charge on any atom is -0.466 e. The van der Waals surface area contributed by atoms with E-state index in [1.807, 2.05) is 36.4 Å². The minimum absolute atomic E-state index is 0.183. The normalized spacial score (nSPS) is 11.8. The topological polar surface area (TPSA) is 77.0 Å². The standard InChI is InChI=1S/C18H21N3O3/c1-4-24-18(23)15(11-8-12-19)16-13(2)20(3)21(17(16)22)14-9-6-5-7-10-14/h5-7,9-10,15H,4,8,11H2,1-3H3. The molecule has 1 unspecified atom stereocenters. The number of nitriles is 1. The lowest BCUT2D eigenvalue weighted by Crippen LogP contribution is -2.25. The van der Waals surface area contributed by atoms with Crippen LogP contribution in [0, 0.1) is 18.3 Å². The first-order valence-electron chi connectivity index (χ1n) is 7.90. The van der Waals surface area contributed by atoms with E-state index in [0.29, 0.717) is 11.3 Å². The van der Waals surface area contributed by atoms with Crippen molar-refractivity contribution >= 4 is 5.97 Å². The van der Waals surface area contributed by atoms with Crippen molar-refractivity contribution in [2.45, 2.75) is 32.6 Å². The zero-order chi connectivity index (χ0) is 17.7. The van der Waals surface area contributed by atoms with Gasteiger partial charge in [0.05, 0.1) is 29.8 Å². The van der Waals surface area contributed by atoms with Gasteiger partial charge >= 0.3 is 5.97 Å². The van der Waals surface area contributed by atoms with Gasteiger partial charge < -0.3 is 4.74 Å². The SMILES string of the molecule is CCOC(=O)C(CCC#N)c1c(C)n(C)n(-c2ccccc2)c1=O. The molecular formula is C18H21N3O3. The number of ether oxygens (including phenoxy) is 1. The van der Waals surface area contributed by atoms with Gasteiger partial charge in [-0.3, -0.25) is 14.3 Å². The van der Waals surface area contributed by atoms with Crippen LogP contribution in [0.4, 0.5) is 0 Å². The molecule has 126 valence electrons. The van der Waals surface area contributed by atoms with Gasteiger partial charge in [-0.2, -0.15) is 5.26 Å². The second kappa shape index (κ2) is 7.64. The fourth-order valence-electron chi connectivity index (χ4n) is 2.82. The van der Waals surface area contributed by atoms with Crippen molar-refractivity contribution < 1.29 is 9.53 Å². The first-order chi connectivity index (χ1) is 11.5. The molecule has 2 rings (SSSR count). The summed E-state index contributed by atoms with van der Waals surface area (Å²) in [4.78, 5) is 25.3. The molecule has 1 aromatic heterocycles. The lowest BCUT2D eigenvalue weighted by Gasteiger charge is -2.13. The van der Waals surface area contributed by atoms with E-state index < -0.39 is 11.9 Å². The van der Waals surface area contributed by atoms with Gasteiger partial charge in [-0.1, -0.05) is 18.2 Å². The Labute approximate surface area is 140 Å². The smallest absolute Gasteiger partial charge is 0.313 e. The summed E-state index contributed by atoms with van der Waals surface area (Å²) < 4.78 is 8.37. The molecule has 1 aromatic carbocycles. The highest BCUT2D eigenvalue weighted by Gasteiger charge is 2.30. The maximum Gasteiger partial charge on any atom is 0.313 e. The second-order valence-electron chi connectivity index (χ2n) is 5.48. The molecule has 1 heterocycles. The van der Waals surface area contributed by atoms with E-state index in [1.165, 1.54) is 4.68 Å². The molecule has 0 spiro atoms. The Bertz CT molecular complexity index is 813. The molecular weight excluding hydrogens is 306 g/mol. The molecule has 1 atom stereocenters. The monoisotopic (exact) mass is 327 g/mol. The van der Waals surface area contributed by atoms with E-state index in [-0.39, 0.29) is 25.0 Å². The predicted molar refractivity (Wildman–Crippen MR) is 90.0 cm³/mol. The maximum absolute atomic E-state index is 13.0. The third-order valence-corrected chi connectivity index (χ3v) is 4.06. The Morgan fingerprint density at radius 1 is 1.33 bits per heavy atom. The quantitative estimate of drug-likeness (QED) is 0.764. The third kappa shape index (κ3) is 3.25. The molecule has 0 N–H and O–H groups in total. The van der Waals surface area contributed by atoms with Crippen LogP contribution in [-0.2, 0) is 16.6 Å². The van der Waals surface area contributed by atoms with Crippen molar-refractivity contribution in [2.75, 3.05) is 6.61 Å². The van der Waals surface area contributed by atoms with Gasteiger partial charge in [0.25, 0.3) is 5.56 Å². The van der Waals surface area contributed by atoms with Gasteiger partial charge in [-0.15, -0.1) is 0 Å². The number of carbonyl (C=O) groups excluding carboxylic acids is 1. The Hall–Kier alpha value is -2.81. The number of esters is 1. The summed E-state index contributed by atoms with van der Waals surface area (Å²) in [6.45, 7) is 3.76. The summed E-state index contributed by atoms with van der Waals surface area (Å²) in [5.41, 5.74) is 1.56. The van der Waals surface area contributed by atoms with Crippen LogP contribution in [0.15, 0.2) is 35.1 Å². The number of aromatic nitrogens is 2. The molecule has 0 saturated heterocycles. The first-order valence-corrected chi connectivity index (χ1v) is 7.90. The van der Waals surface area contributed by atoms with Gasteiger partial charge in [0, 0.05) is 19.2 Å². The molecule has 0 aliphatic carbocycles. The summed E-state index contributed by atoms with van der Waals surface area (Å²) in [5, 5.41) is 8.86. The number of carbonyl (C=O) groups is 1. The van der Waals surface area contributed by atoms with Crippen LogP contribution in [0.1, 0.15) is 36.9 Å². The molecule has 0 saturated carbocycles. The highest BCUT2D eigenvalue weighted by atomic mass is 16.5. The van der Waals surface area contributed by atoms with E-state index >= 15 is 0 Å². The summed E-state index contributed by atoms with van der Waals surface area (Å²) in [6.07, 6.45) is 0.451. The largest absolute Gasteiger partial charge is 0.466 e. The molecule has 0 aliphatic rings. The van der Waals surface area contributed by atoms with E-state index in [4.69, 9.17) is 10.00 Å².